The number of benzene rings is 3. The first-order valence-corrected chi connectivity index (χ1v) is 12.4. The van der Waals surface area contributed by atoms with E-state index in [9.17, 15) is 21.6 Å². The minimum Gasteiger partial charge on any atom is -0.457 e. The van der Waals surface area contributed by atoms with Gasteiger partial charge in [-0.3, -0.25) is 4.31 Å². The lowest BCUT2D eigenvalue weighted by Gasteiger charge is -2.26. The number of pyridine rings is 1. The molecule has 3 aromatic carbocycles. The molecule has 0 unspecified atom stereocenters. The summed E-state index contributed by atoms with van der Waals surface area (Å²) in [5.74, 6) is -0.755. The first-order valence-electron chi connectivity index (χ1n) is 10.8. The zero-order chi connectivity index (χ0) is 25.6. The van der Waals surface area contributed by atoms with Gasteiger partial charge in [-0.05, 0) is 42.5 Å². The molecule has 186 valence electrons. The van der Waals surface area contributed by atoms with E-state index in [1.165, 1.54) is 24.4 Å². The monoisotopic (exact) mass is 514 g/mol. The zero-order valence-electron chi connectivity index (χ0n) is 18.8. The quantitative estimate of drug-likeness (QED) is 0.253. The van der Waals surface area contributed by atoms with E-state index < -0.39 is 28.5 Å². The highest BCUT2D eigenvalue weighted by Gasteiger charge is 2.39. The van der Waals surface area contributed by atoms with E-state index in [0.29, 0.717) is 15.8 Å². The highest BCUT2D eigenvalue weighted by molar-refractivity contribution is 7.92. The van der Waals surface area contributed by atoms with Crippen LogP contribution in [-0.2, 0) is 16.6 Å². The number of sulfonamides is 1. The van der Waals surface area contributed by atoms with Gasteiger partial charge < -0.3 is 9.47 Å². The number of aromatic nitrogens is 1. The van der Waals surface area contributed by atoms with Gasteiger partial charge in [-0.15, -0.1) is 0 Å². The van der Waals surface area contributed by atoms with Crippen LogP contribution in [0.15, 0.2) is 103 Å². The van der Waals surface area contributed by atoms with Crippen molar-refractivity contribution < 1.29 is 31.1 Å². The molecule has 0 saturated heterocycles. The third-order valence-corrected chi connectivity index (χ3v) is 6.59. The van der Waals surface area contributed by atoms with E-state index in [-0.39, 0.29) is 22.9 Å². The summed E-state index contributed by atoms with van der Waals surface area (Å²) in [7, 11) is -4.84. The van der Waals surface area contributed by atoms with Gasteiger partial charge in [0.1, 0.15) is 17.2 Å². The Balaban J connectivity index is 1.70. The number of nitrogens with zero attached hydrogens (tertiary/aromatic N) is 2. The van der Waals surface area contributed by atoms with Gasteiger partial charge in [0.05, 0.1) is 12.2 Å². The Hall–Kier alpha value is -4.05. The maximum absolute atomic E-state index is 13.2. The van der Waals surface area contributed by atoms with E-state index >= 15 is 0 Å². The van der Waals surface area contributed by atoms with Crippen LogP contribution in [0.1, 0.15) is 5.56 Å². The Bertz CT molecular complexity index is 1400. The van der Waals surface area contributed by atoms with Gasteiger partial charge in [0, 0.05) is 17.8 Å². The Labute approximate surface area is 206 Å². The summed E-state index contributed by atoms with van der Waals surface area (Å²) >= 11 is 0. The third-order valence-electron chi connectivity index (χ3n) is 4.89. The fourth-order valence-electron chi connectivity index (χ4n) is 3.35. The molecule has 0 aliphatic heterocycles. The van der Waals surface area contributed by atoms with Crippen LogP contribution in [0.4, 0.5) is 18.9 Å². The molecular formula is C26H21F3N2O4S. The summed E-state index contributed by atoms with van der Waals surface area (Å²) in [5.41, 5.74) is 0.281. The summed E-state index contributed by atoms with van der Waals surface area (Å²) in [6.45, 7) is -0.441. The number of ether oxygens (including phenoxy) is 2. The molecule has 10 heteroatoms. The molecule has 4 rings (SSSR count). The Morgan fingerprint density at radius 2 is 1.36 bits per heavy atom. The molecule has 1 heterocycles. The minimum absolute atomic E-state index is 0.00203. The van der Waals surface area contributed by atoms with E-state index in [1.54, 1.807) is 78.9 Å². The second-order valence-electron chi connectivity index (χ2n) is 7.67. The lowest BCUT2D eigenvalue weighted by atomic mass is 10.2. The number of rotatable bonds is 9. The Morgan fingerprint density at radius 1 is 0.750 bits per heavy atom. The maximum Gasteiger partial charge on any atom is 0.404 e. The van der Waals surface area contributed by atoms with Crippen molar-refractivity contribution in [3.05, 3.63) is 109 Å². The van der Waals surface area contributed by atoms with Gasteiger partial charge in [-0.1, -0.05) is 48.5 Å². The second-order valence-corrected chi connectivity index (χ2v) is 9.57. The van der Waals surface area contributed by atoms with Gasteiger partial charge >= 0.3 is 6.18 Å². The second kappa shape index (κ2) is 10.7. The van der Waals surface area contributed by atoms with E-state index in [4.69, 9.17) is 9.47 Å². The summed E-state index contributed by atoms with van der Waals surface area (Å²) in [5, 5.41) is 0. The third kappa shape index (κ3) is 6.76. The lowest BCUT2D eigenvalue weighted by Crippen LogP contribution is -2.37. The molecule has 0 amide bonds. The summed E-state index contributed by atoms with van der Waals surface area (Å²) in [6.07, 6.45) is -3.49. The van der Waals surface area contributed by atoms with Crippen LogP contribution in [-0.4, -0.2) is 25.3 Å². The number of anilines is 1. The van der Waals surface area contributed by atoms with Crippen LogP contribution in [0.2, 0.25) is 0 Å². The molecule has 0 atom stereocenters. The van der Waals surface area contributed by atoms with Crippen molar-refractivity contribution >= 4 is 15.7 Å². The molecule has 0 bridgehead atoms. The summed E-state index contributed by atoms with van der Waals surface area (Å²) in [4.78, 5) is 4.16. The molecule has 1 aromatic heterocycles. The van der Waals surface area contributed by atoms with Gasteiger partial charge in [0.25, 0.3) is 0 Å². The van der Waals surface area contributed by atoms with Gasteiger partial charge in [-0.2, -0.15) is 13.2 Å². The van der Waals surface area contributed by atoms with Crippen molar-refractivity contribution in [2.45, 2.75) is 12.7 Å². The molecule has 0 aliphatic rings. The number of hydrogen-bond donors (Lipinski definition) is 0. The predicted octanol–water partition coefficient (Wildman–Crippen LogP) is 6.56. The van der Waals surface area contributed by atoms with Crippen molar-refractivity contribution in [3.63, 3.8) is 0 Å². The van der Waals surface area contributed by atoms with E-state index in [2.05, 4.69) is 4.98 Å². The first kappa shape index (κ1) is 25.1. The standard InChI is InChI=1S/C26H21F3N2O4S/c27-26(28,29)19-36(32,33)31(21-10-7-15-24(17-21)34-22-11-3-1-4-12-22)18-20-9-8-16-30-25(20)35-23-13-5-2-6-14-23/h1-17H,18-19H2. The van der Waals surface area contributed by atoms with Crippen molar-refractivity contribution in [1.29, 1.82) is 0 Å². The molecule has 0 radical (unpaired) electrons. The Kier molecular flexibility index (Phi) is 7.44. The average molecular weight is 515 g/mol. The predicted molar refractivity (Wildman–Crippen MR) is 130 cm³/mol. The van der Waals surface area contributed by atoms with Gasteiger partial charge in [0.15, 0.2) is 5.75 Å². The molecule has 36 heavy (non-hydrogen) atoms. The zero-order valence-corrected chi connectivity index (χ0v) is 19.6. The largest absolute Gasteiger partial charge is 0.457 e. The van der Waals surface area contributed by atoms with Crippen LogP contribution < -0.4 is 13.8 Å². The molecule has 0 aliphatic carbocycles. The van der Waals surface area contributed by atoms with Crippen molar-refractivity contribution in [3.8, 4) is 23.1 Å². The van der Waals surface area contributed by atoms with Crippen molar-refractivity contribution in [2.24, 2.45) is 0 Å². The van der Waals surface area contributed by atoms with Crippen LogP contribution >= 0.6 is 0 Å². The summed E-state index contributed by atoms with van der Waals surface area (Å²) < 4.78 is 77.9. The van der Waals surface area contributed by atoms with Crippen molar-refractivity contribution in [1.82, 2.24) is 4.98 Å². The number of hydrogen-bond acceptors (Lipinski definition) is 5. The fraction of sp³-hybridized carbons (Fsp3) is 0.115. The van der Waals surface area contributed by atoms with Crippen LogP contribution in [0.5, 0.6) is 23.1 Å². The smallest absolute Gasteiger partial charge is 0.404 e. The fourth-order valence-corrected chi connectivity index (χ4v) is 4.69. The number of halogens is 3. The van der Waals surface area contributed by atoms with Gasteiger partial charge in [-0.25, -0.2) is 13.4 Å². The average Bonchev–Trinajstić information content (AvgIpc) is 2.83. The molecule has 0 N–H and O–H groups in total. The molecule has 4 aromatic rings. The Morgan fingerprint density at radius 3 is 2.00 bits per heavy atom. The van der Waals surface area contributed by atoms with E-state index in [1.807, 2.05) is 0 Å². The van der Waals surface area contributed by atoms with Crippen molar-refractivity contribution in [2.75, 3.05) is 10.1 Å². The highest BCUT2D eigenvalue weighted by Crippen LogP contribution is 2.32. The molecule has 6 nitrogen and oxygen atoms in total. The molecular weight excluding hydrogens is 493 g/mol. The van der Waals surface area contributed by atoms with Crippen LogP contribution in [0.25, 0.3) is 0 Å². The first-order chi connectivity index (χ1) is 17.2. The minimum atomic E-state index is -4.94. The van der Waals surface area contributed by atoms with Crippen LogP contribution in [0, 0.1) is 0 Å². The van der Waals surface area contributed by atoms with E-state index in [0.717, 1.165) is 0 Å². The normalized spacial score (nSPS) is 11.6. The highest BCUT2D eigenvalue weighted by atomic mass is 32.2. The molecule has 0 spiro atoms. The summed E-state index contributed by atoms with van der Waals surface area (Å²) in [6, 6.07) is 26.3. The maximum atomic E-state index is 13.2. The lowest BCUT2D eigenvalue weighted by molar-refractivity contribution is -0.106. The number of para-hydroxylation sites is 2. The van der Waals surface area contributed by atoms with Gasteiger partial charge in [0.2, 0.25) is 15.9 Å². The topological polar surface area (TPSA) is 68.7 Å². The SMILES string of the molecule is O=S(=O)(CC(F)(F)F)N(Cc1cccnc1Oc1ccccc1)c1cccc(Oc2ccccc2)c1. The van der Waals surface area contributed by atoms with Crippen LogP contribution in [0.3, 0.4) is 0 Å². The number of alkyl halides is 3. The molecule has 0 fully saturated rings. The molecule has 0 saturated carbocycles.